The largest absolute Gasteiger partial charge is 0.455 e. The van der Waals surface area contributed by atoms with Gasteiger partial charge < -0.3 is 19.1 Å². The third-order valence-electron chi connectivity index (χ3n) is 25.5. The van der Waals surface area contributed by atoms with E-state index < -0.39 is 10.8 Å². The Kier molecular flexibility index (Phi) is 20.3. The lowest BCUT2D eigenvalue weighted by Gasteiger charge is -2.34. The van der Waals surface area contributed by atoms with E-state index in [9.17, 15) is 0 Å². The maximum atomic E-state index is 6.50. The summed E-state index contributed by atoms with van der Waals surface area (Å²) in [5.74, 6) is 0. The van der Waals surface area contributed by atoms with Crippen molar-refractivity contribution in [2.45, 2.75) is 10.8 Å². The quantitative estimate of drug-likeness (QED) is 0.111. The lowest BCUT2D eigenvalue weighted by Crippen LogP contribution is -2.28. The first kappa shape index (κ1) is 77.2. The zero-order valence-electron chi connectivity index (χ0n) is 69.5. The smallest absolute Gasteiger partial charge is 0.143 e. The van der Waals surface area contributed by atoms with E-state index in [1.807, 2.05) is 30.3 Å². The molecule has 0 saturated heterocycles. The van der Waals surface area contributed by atoms with Gasteiger partial charge in [-0.3, -0.25) is 0 Å². The average molecular weight is 1690 g/mol. The molecule has 2 aliphatic carbocycles. The molecule has 0 radical (unpaired) electrons. The molecule has 0 fully saturated rings. The minimum atomic E-state index is -0.515. The second kappa shape index (κ2) is 33.4. The normalized spacial score (nSPS) is 12.4. The Labute approximate surface area is 748 Å². The Morgan fingerprint density at radius 3 is 0.976 bits per heavy atom. The number of nitrogens with one attached hydrogen (secondary N) is 1. The van der Waals surface area contributed by atoms with Gasteiger partial charge in [-0.25, -0.2) is 0 Å². The van der Waals surface area contributed by atoms with Crippen molar-refractivity contribution in [1.29, 1.82) is 0 Å². The van der Waals surface area contributed by atoms with Crippen molar-refractivity contribution < 1.29 is 8.83 Å². The zero-order chi connectivity index (χ0) is 84.6. The highest BCUT2D eigenvalue weighted by molar-refractivity contribution is 9.10. The van der Waals surface area contributed by atoms with Gasteiger partial charge in [0.05, 0.1) is 16.5 Å². The van der Waals surface area contributed by atoms with Gasteiger partial charge >= 0.3 is 0 Å². The number of benzene rings is 20. The maximum absolute atomic E-state index is 6.50. The summed E-state index contributed by atoms with van der Waals surface area (Å²) in [6, 6.07) is 178. The molecular formula is C122H83BrN2O2. The van der Waals surface area contributed by atoms with Crippen molar-refractivity contribution in [3.8, 4) is 89.0 Å². The average Bonchev–Trinajstić information content (AvgIpc) is 1.54. The van der Waals surface area contributed by atoms with Crippen LogP contribution in [0.3, 0.4) is 0 Å². The monoisotopic (exact) mass is 1690 g/mol. The van der Waals surface area contributed by atoms with Gasteiger partial charge in [0.1, 0.15) is 22.3 Å². The molecule has 2 aromatic heterocycles. The van der Waals surface area contributed by atoms with Crippen molar-refractivity contribution in [2.75, 3.05) is 10.2 Å². The molecule has 5 heteroatoms. The minimum absolute atomic E-state index is 0.415. The fourth-order valence-electron chi connectivity index (χ4n) is 19.8. The van der Waals surface area contributed by atoms with Crippen LogP contribution in [-0.2, 0) is 10.8 Å². The van der Waals surface area contributed by atoms with Crippen LogP contribution >= 0.6 is 15.9 Å². The van der Waals surface area contributed by atoms with Crippen LogP contribution in [0.15, 0.2) is 511 Å². The summed E-state index contributed by atoms with van der Waals surface area (Å²) in [5.41, 5.74) is 37.4. The summed E-state index contributed by atoms with van der Waals surface area (Å²) in [6.07, 6.45) is 0. The van der Waals surface area contributed by atoms with Crippen LogP contribution < -0.4 is 10.2 Å². The molecule has 0 atom stereocenters. The molecule has 20 aromatic carbocycles. The van der Waals surface area contributed by atoms with E-state index in [0.717, 1.165) is 99.0 Å². The molecule has 0 amide bonds. The lowest BCUT2D eigenvalue weighted by molar-refractivity contribution is 0.669. The van der Waals surface area contributed by atoms with Crippen LogP contribution in [0, 0.1) is 0 Å². The molecule has 0 aliphatic heterocycles. The van der Waals surface area contributed by atoms with Crippen LogP contribution in [0.2, 0.25) is 0 Å². The molecule has 600 valence electrons. The molecule has 2 heterocycles. The van der Waals surface area contributed by atoms with E-state index in [-0.39, 0.29) is 0 Å². The molecule has 24 rings (SSSR count). The first-order valence-electron chi connectivity index (χ1n) is 43.4. The Morgan fingerprint density at radius 2 is 0.528 bits per heavy atom. The number of anilines is 5. The Hall–Kier alpha value is -15.9. The van der Waals surface area contributed by atoms with Crippen LogP contribution in [0.1, 0.15) is 44.5 Å². The van der Waals surface area contributed by atoms with E-state index in [4.69, 9.17) is 8.83 Å². The Morgan fingerprint density at radius 1 is 0.220 bits per heavy atom. The van der Waals surface area contributed by atoms with E-state index in [2.05, 4.69) is 493 Å². The number of para-hydroxylation sites is 4. The van der Waals surface area contributed by atoms with Gasteiger partial charge in [-0.15, -0.1) is 0 Å². The number of nitrogens with zero attached hydrogens (tertiary/aromatic N) is 1. The first-order chi connectivity index (χ1) is 62.9. The van der Waals surface area contributed by atoms with Crippen molar-refractivity contribution in [2.24, 2.45) is 0 Å². The zero-order valence-corrected chi connectivity index (χ0v) is 71.1. The summed E-state index contributed by atoms with van der Waals surface area (Å²) >= 11 is 3.47. The molecule has 0 saturated carbocycles. The molecule has 0 bridgehead atoms. The highest BCUT2D eigenvalue weighted by atomic mass is 79.9. The van der Waals surface area contributed by atoms with E-state index >= 15 is 0 Å². The molecule has 0 spiro atoms. The van der Waals surface area contributed by atoms with Gasteiger partial charge in [-0.05, 0) is 196 Å². The minimum Gasteiger partial charge on any atom is -0.455 e. The third kappa shape index (κ3) is 13.9. The van der Waals surface area contributed by atoms with Gasteiger partial charge in [0, 0.05) is 71.0 Å². The molecule has 1 N–H and O–H groups in total. The molecule has 4 nitrogen and oxygen atoms in total. The number of fused-ring (bicyclic) bond motifs is 12. The maximum Gasteiger partial charge on any atom is 0.143 e. The highest BCUT2D eigenvalue weighted by Gasteiger charge is 2.49. The SMILES string of the molecule is Brc1ccc(-c2cccc(-c3ccccc3)c2)cc1.c1ccc(-c2cccc(-c3ccc(N(c4ccc(-c5cccc6c5oc5ccccc56)cc4)c4cccc5c4-c4ccccc4C5(c4ccccc4)c4ccccc4)cc3)c2)cc1.c1ccc(C2(c3ccccc3)c3ccccc3-c3c(Nc4ccc(-c5cccc6c5oc5ccccc56)cc4)cccc32)cc1. The van der Waals surface area contributed by atoms with Crippen LogP contribution in [-0.4, -0.2) is 0 Å². The summed E-state index contributed by atoms with van der Waals surface area (Å²) in [7, 11) is 0. The first-order valence-corrected chi connectivity index (χ1v) is 44.1. The number of hydrogen-bond donors (Lipinski definition) is 1. The van der Waals surface area contributed by atoms with E-state index in [0.29, 0.717) is 0 Å². The van der Waals surface area contributed by atoms with E-state index in [1.165, 1.54) is 111 Å². The van der Waals surface area contributed by atoms with E-state index in [1.54, 1.807) is 0 Å². The summed E-state index contributed by atoms with van der Waals surface area (Å²) < 4.78 is 13.9. The molecular weight excluding hydrogens is 1610 g/mol. The fraction of sp³-hybridized carbons (Fsp3) is 0.0164. The molecule has 127 heavy (non-hydrogen) atoms. The van der Waals surface area contributed by atoms with Crippen molar-refractivity contribution >= 4 is 88.2 Å². The second-order valence-corrected chi connectivity index (χ2v) is 33.5. The number of hydrogen-bond acceptors (Lipinski definition) is 4. The van der Waals surface area contributed by atoms with Gasteiger partial charge in [0.25, 0.3) is 0 Å². The molecule has 2 aliphatic rings. The Bertz CT molecular complexity index is 7670. The highest BCUT2D eigenvalue weighted by Crippen LogP contribution is 2.61. The summed E-state index contributed by atoms with van der Waals surface area (Å²) in [5, 5.41) is 8.35. The summed E-state index contributed by atoms with van der Waals surface area (Å²) in [4.78, 5) is 2.44. The number of rotatable bonds is 15. The van der Waals surface area contributed by atoms with Crippen molar-refractivity contribution in [3.05, 3.63) is 546 Å². The topological polar surface area (TPSA) is 41.6 Å². The van der Waals surface area contributed by atoms with Gasteiger partial charge in [-0.2, -0.15) is 0 Å². The number of halogens is 1. The van der Waals surface area contributed by atoms with Crippen molar-refractivity contribution in [3.63, 3.8) is 0 Å². The van der Waals surface area contributed by atoms with Gasteiger partial charge in [0.2, 0.25) is 0 Å². The van der Waals surface area contributed by atoms with Crippen LogP contribution in [0.4, 0.5) is 28.4 Å². The lowest BCUT2D eigenvalue weighted by atomic mass is 9.68. The van der Waals surface area contributed by atoms with Crippen molar-refractivity contribution in [1.82, 2.24) is 0 Å². The predicted molar refractivity (Wildman–Crippen MR) is 533 cm³/mol. The predicted octanol–water partition coefficient (Wildman–Crippen LogP) is 33.6. The number of furan rings is 2. The fourth-order valence-corrected chi connectivity index (χ4v) is 20.0. The van der Waals surface area contributed by atoms with Gasteiger partial charge in [0.15, 0.2) is 0 Å². The van der Waals surface area contributed by atoms with Crippen LogP contribution in [0.25, 0.3) is 133 Å². The Balaban J connectivity index is 0.000000129. The third-order valence-corrected chi connectivity index (χ3v) is 26.0. The van der Waals surface area contributed by atoms with Crippen LogP contribution in [0.5, 0.6) is 0 Å². The van der Waals surface area contributed by atoms with Gasteiger partial charge in [-0.1, -0.05) is 428 Å². The second-order valence-electron chi connectivity index (χ2n) is 32.6. The molecule has 22 aromatic rings. The molecule has 0 unspecified atom stereocenters. The summed E-state index contributed by atoms with van der Waals surface area (Å²) in [6.45, 7) is 0. The standard InChI is InChI=1S/C61H41NO.C43H29NO.C18H13Br/c1-4-17-42(18-5-1)45-19-14-20-46(41-45)43-33-37-49(38-34-43)62(50-39-35-44(36-40-50)51-27-15-28-53-52-25-11-13-32-58(52)63-60(51)53)57-31-16-30-56-59(57)54-26-10-12-29-55(54)61(56,47-21-6-2-7-22-47)48-23-8-3-9-24-48;1-3-13-30(14-4-1)43(31-15-5-2-6-16-31)37-21-9-7-18-36(37)41-38(43)22-12-23-39(41)44-32-27-25-29(26-28-32)33-19-11-20-35-34-17-8-10-24-40(34)45-42(33)35;19-18-11-9-15(10-12-18)17-8-4-7-16(13-17)14-5-2-1-3-6-14/h1-41H;1-28,44H;1-13H.